The van der Waals surface area contributed by atoms with Gasteiger partial charge in [0.1, 0.15) is 12.9 Å². The Morgan fingerprint density at radius 3 is 2.59 bits per heavy atom. The van der Waals surface area contributed by atoms with Crippen molar-refractivity contribution in [1.82, 2.24) is 25.5 Å². The van der Waals surface area contributed by atoms with Crippen LogP contribution in [0.1, 0.15) is 0 Å². The number of halogens is 3. The Morgan fingerprint density at radius 1 is 1.14 bits per heavy atom. The van der Waals surface area contributed by atoms with Gasteiger partial charge in [-0.05, 0) is 22.6 Å². The maximum Gasteiger partial charge on any atom is 0.243 e. The van der Waals surface area contributed by atoms with Crippen LogP contribution in [0.25, 0.3) is 0 Å². The van der Waals surface area contributed by atoms with Crippen LogP contribution in [0.2, 0.25) is 0 Å². The van der Waals surface area contributed by atoms with Gasteiger partial charge in [-0.3, -0.25) is 9.59 Å². The van der Waals surface area contributed by atoms with E-state index in [1.54, 1.807) is 0 Å². The van der Waals surface area contributed by atoms with Gasteiger partial charge in [0.15, 0.2) is 17.5 Å². The first-order valence-electron chi connectivity index (χ1n) is 5.88. The van der Waals surface area contributed by atoms with Crippen LogP contribution >= 0.6 is 0 Å². The number of benzene rings is 1. The molecule has 116 valence electrons. The van der Waals surface area contributed by atoms with Crippen molar-refractivity contribution in [1.29, 1.82) is 0 Å². The Labute approximate surface area is 121 Å². The fourth-order valence-corrected chi connectivity index (χ4v) is 1.45. The minimum absolute atomic E-state index is 0.209. The number of amides is 2. The first-order valence-corrected chi connectivity index (χ1v) is 5.88. The highest BCUT2D eigenvalue weighted by molar-refractivity contribution is 5.94. The summed E-state index contributed by atoms with van der Waals surface area (Å²) in [7, 11) is 0. The van der Waals surface area contributed by atoms with Crippen LogP contribution in [0.15, 0.2) is 18.5 Å². The van der Waals surface area contributed by atoms with E-state index in [0.29, 0.717) is 6.07 Å². The molecule has 0 unspecified atom stereocenters. The van der Waals surface area contributed by atoms with Crippen LogP contribution < -0.4 is 10.6 Å². The predicted octanol–water partition coefficient (Wildman–Crippen LogP) is -0.155. The molecular weight excluding hydrogens is 305 g/mol. The van der Waals surface area contributed by atoms with Crippen molar-refractivity contribution in [3.8, 4) is 0 Å². The van der Waals surface area contributed by atoms with E-state index in [2.05, 4.69) is 20.8 Å². The monoisotopic (exact) mass is 314 g/mol. The smallest absolute Gasteiger partial charge is 0.243 e. The number of hydrogen-bond donors (Lipinski definition) is 2. The number of rotatable bonds is 5. The fourth-order valence-electron chi connectivity index (χ4n) is 1.45. The van der Waals surface area contributed by atoms with Gasteiger partial charge < -0.3 is 10.6 Å². The van der Waals surface area contributed by atoms with Crippen molar-refractivity contribution in [3.63, 3.8) is 0 Å². The minimum Gasteiger partial charge on any atom is -0.345 e. The van der Waals surface area contributed by atoms with Crippen molar-refractivity contribution in [2.45, 2.75) is 6.54 Å². The molecule has 1 aromatic carbocycles. The standard InChI is InChI=1S/C11H9F3N6O2/c12-6-1-2-7(11(14)10(6)13)17-8(21)3-15-9(22)4-20-5-16-18-19-20/h1-2,5H,3-4H2,(H,15,22)(H,17,21). The zero-order valence-corrected chi connectivity index (χ0v) is 10.9. The highest BCUT2D eigenvalue weighted by atomic mass is 19.2. The molecule has 0 saturated heterocycles. The second-order valence-electron chi connectivity index (χ2n) is 4.06. The molecular formula is C11H9F3N6O2. The highest BCUT2D eigenvalue weighted by Gasteiger charge is 2.15. The summed E-state index contributed by atoms with van der Waals surface area (Å²) < 4.78 is 40.2. The first kappa shape index (κ1) is 15.4. The van der Waals surface area contributed by atoms with Gasteiger partial charge in [0.2, 0.25) is 11.8 Å². The molecule has 22 heavy (non-hydrogen) atoms. The Balaban J connectivity index is 1.86. The normalized spacial score (nSPS) is 10.3. The van der Waals surface area contributed by atoms with Crippen molar-refractivity contribution >= 4 is 17.5 Å². The average Bonchev–Trinajstić information content (AvgIpc) is 2.99. The van der Waals surface area contributed by atoms with Gasteiger partial charge in [0.25, 0.3) is 0 Å². The number of nitrogens with zero attached hydrogens (tertiary/aromatic N) is 4. The van der Waals surface area contributed by atoms with E-state index in [1.807, 2.05) is 5.32 Å². The van der Waals surface area contributed by atoms with Crippen LogP contribution in [-0.2, 0) is 16.1 Å². The summed E-state index contributed by atoms with van der Waals surface area (Å²) >= 11 is 0. The maximum absolute atomic E-state index is 13.3. The van der Waals surface area contributed by atoms with Gasteiger partial charge in [0.05, 0.1) is 12.2 Å². The van der Waals surface area contributed by atoms with E-state index in [0.717, 1.165) is 10.7 Å². The third-order valence-electron chi connectivity index (χ3n) is 2.45. The van der Waals surface area contributed by atoms with Crippen molar-refractivity contribution in [2.24, 2.45) is 0 Å². The zero-order valence-electron chi connectivity index (χ0n) is 10.9. The summed E-state index contributed by atoms with van der Waals surface area (Å²) in [5.41, 5.74) is -0.529. The number of tetrazole rings is 1. The first-order chi connectivity index (χ1) is 10.5. The molecule has 0 saturated carbocycles. The molecule has 1 aromatic heterocycles. The Hall–Kier alpha value is -2.98. The van der Waals surface area contributed by atoms with Gasteiger partial charge in [-0.2, -0.15) is 0 Å². The zero-order chi connectivity index (χ0) is 16.1. The van der Waals surface area contributed by atoms with E-state index >= 15 is 0 Å². The predicted molar refractivity (Wildman–Crippen MR) is 65.8 cm³/mol. The van der Waals surface area contributed by atoms with Gasteiger partial charge in [0, 0.05) is 0 Å². The van der Waals surface area contributed by atoms with Gasteiger partial charge in [-0.25, -0.2) is 17.9 Å². The number of aromatic nitrogens is 4. The van der Waals surface area contributed by atoms with Crippen LogP contribution in [-0.4, -0.2) is 38.6 Å². The van der Waals surface area contributed by atoms with Crippen LogP contribution in [0.4, 0.5) is 18.9 Å². The number of nitrogens with one attached hydrogen (secondary N) is 2. The van der Waals surface area contributed by atoms with E-state index in [-0.39, 0.29) is 6.54 Å². The van der Waals surface area contributed by atoms with E-state index < -0.39 is 41.5 Å². The van der Waals surface area contributed by atoms with E-state index in [1.165, 1.54) is 6.33 Å². The summed E-state index contributed by atoms with van der Waals surface area (Å²) in [6, 6.07) is 1.54. The molecule has 0 spiro atoms. The second-order valence-corrected chi connectivity index (χ2v) is 4.06. The summed E-state index contributed by atoms with van der Waals surface area (Å²) in [6.45, 7) is -0.695. The Morgan fingerprint density at radius 2 is 1.91 bits per heavy atom. The molecule has 11 heteroatoms. The molecule has 2 rings (SSSR count). The molecule has 8 nitrogen and oxygen atoms in total. The summed E-state index contributed by atoms with van der Waals surface area (Å²) in [6.07, 6.45) is 1.20. The second kappa shape index (κ2) is 6.65. The maximum atomic E-state index is 13.3. The van der Waals surface area contributed by atoms with Crippen LogP contribution in [0.5, 0.6) is 0 Å². The number of carbonyl (C=O) groups is 2. The number of anilines is 1. The highest BCUT2D eigenvalue weighted by Crippen LogP contribution is 2.19. The summed E-state index contributed by atoms with van der Waals surface area (Å²) in [5.74, 6) is -5.96. The number of carbonyl (C=O) groups excluding carboxylic acids is 2. The minimum atomic E-state index is -1.69. The van der Waals surface area contributed by atoms with Crippen molar-refractivity contribution in [2.75, 3.05) is 11.9 Å². The van der Waals surface area contributed by atoms with Gasteiger partial charge in [-0.1, -0.05) is 0 Å². The van der Waals surface area contributed by atoms with Crippen LogP contribution in [0, 0.1) is 17.5 Å². The summed E-state index contributed by atoms with van der Waals surface area (Å²) in [4.78, 5) is 23.0. The third-order valence-corrected chi connectivity index (χ3v) is 2.45. The lowest BCUT2D eigenvalue weighted by Crippen LogP contribution is -2.35. The van der Waals surface area contributed by atoms with E-state index in [9.17, 15) is 22.8 Å². The van der Waals surface area contributed by atoms with Gasteiger partial charge >= 0.3 is 0 Å². The lowest BCUT2D eigenvalue weighted by Gasteiger charge is -2.08. The molecule has 0 atom stereocenters. The molecule has 2 N–H and O–H groups in total. The molecule has 0 aliphatic heterocycles. The lowest BCUT2D eigenvalue weighted by atomic mass is 10.2. The largest absolute Gasteiger partial charge is 0.345 e. The molecule has 2 aromatic rings. The third kappa shape index (κ3) is 3.77. The SMILES string of the molecule is O=C(Cn1cnnn1)NCC(=O)Nc1ccc(F)c(F)c1F. The molecule has 0 fully saturated rings. The van der Waals surface area contributed by atoms with Crippen molar-refractivity contribution in [3.05, 3.63) is 35.9 Å². The molecule has 1 heterocycles. The lowest BCUT2D eigenvalue weighted by molar-refractivity contribution is -0.124. The summed E-state index contributed by atoms with van der Waals surface area (Å²) in [5, 5.41) is 14.3. The quantitative estimate of drug-likeness (QED) is 0.747. The fraction of sp³-hybridized carbons (Fsp3) is 0.182. The average molecular weight is 314 g/mol. The number of hydrogen-bond acceptors (Lipinski definition) is 5. The molecule has 0 aliphatic carbocycles. The van der Waals surface area contributed by atoms with Crippen molar-refractivity contribution < 1.29 is 22.8 Å². The Bertz CT molecular complexity index is 691. The molecule has 0 radical (unpaired) electrons. The van der Waals surface area contributed by atoms with Gasteiger partial charge in [-0.15, -0.1) is 5.10 Å². The van der Waals surface area contributed by atoms with Crippen LogP contribution in [0.3, 0.4) is 0 Å². The molecule has 2 amide bonds. The van der Waals surface area contributed by atoms with E-state index in [4.69, 9.17) is 0 Å². The topological polar surface area (TPSA) is 102 Å². The molecule has 0 aliphatic rings. The Kier molecular flexibility index (Phi) is 4.66. The molecule has 0 bridgehead atoms.